The smallest absolute Gasteiger partial charge is 0.412 e. The summed E-state index contributed by atoms with van der Waals surface area (Å²) in [5.41, 5.74) is 0. The summed E-state index contributed by atoms with van der Waals surface area (Å²) in [6.07, 6.45) is -0.369. The number of ether oxygens (including phenoxy) is 1. The molecule has 1 aliphatic heterocycles. The van der Waals surface area contributed by atoms with Gasteiger partial charge in [-0.1, -0.05) is 22.9 Å². The van der Waals surface area contributed by atoms with Crippen molar-refractivity contribution < 1.29 is 14.6 Å². The highest BCUT2D eigenvalue weighted by Gasteiger charge is 2.30. The molecule has 12 heavy (non-hydrogen) atoms. The van der Waals surface area contributed by atoms with Crippen molar-refractivity contribution in [3.05, 3.63) is 0 Å². The van der Waals surface area contributed by atoms with Gasteiger partial charge in [0.05, 0.1) is 0 Å². The first-order valence-electron chi connectivity index (χ1n) is 3.87. The van der Waals surface area contributed by atoms with Crippen LogP contribution in [0, 0.1) is 0 Å². The molecule has 0 bridgehead atoms. The van der Waals surface area contributed by atoms with E-state index in [0.717, 1.165) is 6.42 Å². The van der Waals surface area contributed by atoms with Gasteiger partial charge in [-0.2, -0.15) is 0 Å². The molecular weight excluding hydrogens is 226 g/mol. The van der Waals surface area contributed by atoms with Crippen LogP contribution < -0.4 is 0 Å². The monoisotopic (exact) mass is 237 g/mol. The molecule has 1 aliphatic rings. The van der Waals surface area contributed by atoms with E-state index in [1.165, 1.54) is 4.90 Å². The second kappa shape index (κ2) is 4.09. The van der Waals surface area contributed by atoms with Crippen LogP contribution in [0.4, 0.5) is 4.79 Å². The van der Waals surface area contributed by atoms with E-state index >= 15 is 0 Å². The Hall–Kier alpha value is -0.290. The SMILES string of the molecule is CC(Br)CCN1C(=O)OCC1O. The van der Waals surface area contributed by atoms with E-state index in [4.69, 9.17) is 0 Å². The summed E-state index contributed by atoms with van der Waals surface area (Å²) in [6, 6.07) is 0. The quantitative estimate of drug-likeness (QED) is 0.744. The first kappa shape index (κ1) is 9.80. The Morgan fingerprint density at radius 1 is 1.92 bits per heavy atom. The van der Waals surface area contributed by atoms with Crippen molar-refractivity contribution in [3.63, 3.8) is 0 Å². The number of carbonyl (C=O) groups excluding carboxylic acids is 1. The maximum atomic E-state index is 10.9. The van der Waals surface area contributed by atoms with Crippen LogP contribution in [0.25, 0.3) is 0 Å². The molecule has 1 N–H and O–H groups in total. The van der Waals surface area contributed by atoms with Crippen molar-refractivity contribution in [2.24, 2.45) is 0 Å². The zero-order chi connectivity index (χ0) is 9.14. The van der Waals surface area contributed by atoms with Crippen LogP contribution in [-0.2, 0) is 4.74 Å². The Kier molecular flexibility index (Phi) is 3.34. The molecule has 0 aromatic heterocycles. The van der Waals surface area contributed by atoms with Crippen LogP contribution in [-0.4, -0.2) is 40.3 Å². The first-order valence-corrected chi connectivity index (χ1v) is 4.78. The molecule has 0 radical (unpaired) electrons. The van der Waals surface area contributed by atoms with Gasteiger partial charge in [-0.3, -0.25) is 4.90 Å². The average molecular weight is 238 g/mol. The summed E-state index contributed by atoms with van der Waals surface area (Å²) in [4.78, 5) is 12.6. The van der Waals surface area contributed by atoms with Gasteiger partial charge in [-0.05, 0) is 6.42 Å². The lowest BCUT2D eigenvalue weighted by Gasteiger charge is -2.16. The first-order chi connectivity index (χ1) is 5.61. The average Bonchev–Trinajstić information content (AvgIpc) is 2.28. The zero-order valence-corrected chi connectivity index (χ0v) is 8.45. The molecule has 0 aromatic rings. The number of hydrogen-bond acceptors (Lipinski definition) is 3. The van der Waals surface area contributed by atoms with Gasteiger partial charge in [0, 0.05) is 11.4 Å². The number of rotatable bonds is 3. The summed E-state index contributed by atoms with van der Waals surface area (Å²) >= 11 is 3.36. The van der Waals surface area contributed by atoms with E-state index in [1.54, 1.807) is 0 Å². The van der Waals surface area contributed by atoms with Crippen molar-refractivity contribution in [2.75, 3.05) is 13.2 Å². The fraction of sp³-hybridized carbons (Fsp3) is 0.857. The van der Waals surface area contributed by atoms with Gasteiger partial charge in [-0.15, -0.1) is 0 Å². The van der Waals surface area contributed by atoms with Crippen LogP contribution in [0.2, 0.25) is 0 Å². The van der Waals surface area contributed by atoms with Crippen molar-refractivity contribution in [2.45, 2.75) is 24.4 Å². The molecule has 0 aliphatic carbocycles. The zero-order valence-electron chi connectivity index (χ0n) is 6.86. The number of nitrogens with zero attached hydrogens (tertiary/aromatic N) is 1. The Labute approximate surface area is 79.6 Å². The molecule has 1 rings (SSSR count). The number of halogens is 1. The van der Waals surface area contributed by atoms with Gasteiger partial charge in [-0.25, -0.2) is 4.79 Å². The normalized spacial score (nSPS) is 25.8. The minimum Gasteiger partial charge on any atom is -0.445 e. The number of amides is 1. The third-order valence-corrected chi connectivity index (χ3v) is 2.18. The molecule has 0 spiro atoms. The fourth-order valence-electron chi connectivity index (χ4n) is 0.998. The van der Waals surface area contributed by atoms with Gasteiger partial charge in [0.15, 0.2) is 6.23 Å². The predicted octanol–water partition coefficient (Wildman–Crippen LogP) is 0.930. The number of aliphatic hydroxyl groups is 1. The third-order valence-electron chi connectivity index (χ3n) is 1.72. The minimum atomic E-state index is -0.760. The Bertz CT molecular complexity index is 174. The lowest BCUT2D eigenvalue weighted by molar-refractivity contribution is 0.0591. The van der Waals surface area contributed by atoms with Gasteiger partial charge in [0.1, 0.15) is 6.61 Å². The molecule has 1 heterocycles. The lowest BCUT2D eigenvalue weighted by atomic mass is 10.3. The van der Waals surface area contributed by atoms with E-state index in [2.05, 4.69) is 20.7 Å². The highest BCUT2D eigenvalue weighted by Crippen LogP contribution is 2.12. The highest BCUT2D eigenvalue weighted by atomic mass is 79.9. The molecule has 70 valence electrons. The number of cyclic esters (lactones) is 1. The second-order valence-electron chi connectivity index (χ2n) is 2.82. The Morgan fingerprint density at radius 2 is 2.58 bits per heavy atom. The van der Waals surface area contributed by atoms with Gasteiger partial charge in [0.2, 0.25) is 0 Å². The van der Waals surface area contributed by atoms with E-state index in [9.17, 15) is 9.90 Å². The molecule has 1 amide bonds. The summed E-state index contributed by atoms with van der Waals surface area (Å²) in [5, 5.41) is 9.24. The second-order valence-corrected chi connectivity index (χ2v) is 4.38. The molecule has 0 saturated carbocycles. The molecule has 2 unspecified atom stereocenters. The van der Waals surface area contributed by atoms with Crippen molar-refractivity contribution in [3.8, 4) is 0 Å². The number of hydrogen-bond donors (Lipinski definition) is 1. The summed E-state index contributed by atoms with van der Waals surface area (Å²) < 4.78 is 4.63. The lowest BCUT2D eigenvalue weighted by Crippen LogP contribution is -2.34. The van der Waals surface area contributed by atoms with E-state index in [-0.39, 0.29) is 6.61 Å². The van der Waals surface area contributed by atoms with E-state index in [0.29, 0.717) is 11.4 Å². The Morgan fingerprint density at radius 3 is 3.00 bits per heavy atom. The summed E-state index contributed by atoms with van der Waals surface area (Å²) in [6.45, 7) is 2.62. The van der Waals surface area contributed by atoms with Crippen molar-refractivity contribution in [1.29, 1.82) is 0 Å². The van der Waals surface area contributed by atoms with Gasteiger partial charge < -0.3 is 9.84 Å². The fourth-order valence-corrected chi connectivity index (χ4v) is 1.20. The molecule has 4 nitrogen and oxygen atoms in total. The van der Waals surface area contributed by atoms with Crippen LogP contribution in [0.1, 0.15) is 13.3 Å². The largest absolute Gasteiger partial charge is 0.445 e. The van der Waals surface area contributed by atoms with Gasteiger partial charge in [0.25, 0.3) is 0 Å². The standard InChI is InChI=1S/C7H12BrNO3/c1-5(8)2-3-9-6(10)4-12-7(9)11/h5-6,10H,2-4H2,1H3. The van der Waals surface area contributed by atoms with Crippen LogP contribution in [0.3, 0.4) is 0 Å². The Balaban J connectivity index is 2.34. The van der Waals surface area contributed by atoms with Crippen LogP contribution in [0.15, 0.2) is 0 Å². The number of aliphatic hydroxyl groups excluding tert-OH is 1. The number of carbonyl (C=O) groups is 1. The van der Waals surface area contributed by atoms with E-state index in [1.807, 2.05) is 6.92 Å². The van der Waals surface area contributed by atoms with Crippen molar-refractivity contribution >= 4 is 22.0 Å². The number of alkyl halides is 1. The van der Waals surface area contributed by atoms with Crippen LogP contribution in [0.5, 0.6) is 0 Å². The maximum Gasteiger partial charge on any atom is 0.412 e. The molecule has 1 fully saturated rings. The van der Waals surface area contributed by atoms with Crippen molar-refractivity contribution in [1.82, 2.24) is 4.90 Å². The van der Waals surface area contributed by atoms with E-state index < -0.39 is 12.3 Å². The maximum absolute atomic E-state index is 10.9. The molecule has 2 atom stereocenters. The molecule has 5 heteroatoms. The molecular formula is C7H12BrNO3. The predicted molar refractivity (Wildman–Crippen MR) is 47.1 cm³/mol. The molecule has 1 saturated heterocycles. The molecule has 0 aromatic carbocycles. The third kappa shape index (κ3) is 2.35. The van der Waals surface area contributed by atoms with Crippen LogP contribution >= 0.6 is 15.9 Å². The highest BCUT2D eigenvalue weighted by molar-refractivity contribution is 9.09. The summed E-state index contributed by atoms with van der Waals surface area (Å²) in [5.74, 6) is 0. The summed E-state index contributed by atoms with van der Waals surface area (Å²) in [7, 11) is 0. The minimum absolute atomic E-state index is 0.0928. The topological polar surface area (TPSA) is 49.8 Å². The van der Waals surface area contributed by atoms with Gasteiger partial charge >= 0.3 is 6.09 Å².